The summed E-state index contributed by atoms with van der Waals surface area (Å²) in [5.74, 6) is 1.46. The maximum Gasteiger partial charge on any atom is 0.243 e. The third-order valence-electron chi connectivity index (χ3n) is 3.06. The second-order valence-electron chi connectivity index (χ2n) is 4.50. The summed E-state index contributed by atoms with van der Waals surface area (Å²) in [5, 5.41) is 6.32. The molecule has 112 valence electrons. The fourth-order valence-electron chi connectivity index (χ4n) is 1.97. The number of benzene rings is 1. The molecule has 0 bridgehead atoms. The van der Waals surface area contributed by atoms with Gasteiger partial charge < -0.3 is 9.47 Å². The number of aromatic amines is 1. The summed E-state index contributed by atoms with van der Waals surface area (Å²) in [6.45, 7) is 0.978. The molecule has 1 aromatic carbocycles. The van der Waals surface area contributed by atoms with Gasteiger partial charge in [0.2, 0.25) is 10.0 Å². The lowest BCUT2D eigenvalue weighted by Gasteiger charge is -2.20. The Hall–Kier alpha value is -2.13. The molecule has 0 spiro atoms. The standard InChI is InChI=1S/C12H14N4O4S/c1-16(7-12-13-8-14-15-12)21(17,18)9-2-3-10-11(6-9)20-5-4-19-10/h2-3,6,8H,4-5,7H2,1H3,(H,13,14,15). The van der Waals surface area contributed by atoms with E-state index in [4.69, 9.17) is 9.47 Å². The maximum absolute atomic E-state index is 12.5. The topological polar surface area (TPSA) is 97.4 Å². The number of hydrogen-bond acceptors (Lipinski definition) is 6. The highest BCUT2D eigenvalue weighted by Gasteiger charge is 2.24. The van der Waals surface area contributed by atoms with E-state index in [0.29, 0.717) is 30.5 Å². The monoisotopic (exact) mass is 310 g/mol. The van der Waals surface area contributed by atoms with Crippen LogP contribution in [0.25, 0.3) is 0 Å². The molecule has 0 saturated heterocycles. The van der Waals surface area contributed by atoms with Crippen molar-refractivity contribution in [2.24, 2.45) is 0 Å². The Kier molecular flexibility index (Phi) is 3.52. The van der Waals surface area contributed by atoms with Gasteiger partial charge in [0.05, 0.1) is 11.4 Å². The summed E-state index contributed by atoms with van der Waals surface area (Å²) in [4.78, 5) is 4.06. The van der Waals surface area contributed by atoms with Crippen LogP contribution in [0.2, 0.25) is 0 Å². The zero-order valence-electron chi connectivity index (χ0n) is 11.3. The average Bonchev–Trinajstić information content (AvgIpc) is 2.99. The lowest BCUT2D eigenvalue weighted by Crippen LogP contribution is -2.27. The van der Waals surface area contributed by atoms with Crippen LogP contribution in [0.15, 0.2) is 29.4 Å². The van der Waals surface area contributed by atoms with Gasteiger partial charge >= 0.3 is 0 Å². The predicted octanol–water partition coefficient (Wildman–Crippen LogP) is 0.397. The highest BCUT2D eigenvalue weighted by molar-refractivity contribution is 7.89. The molecule has 1 aliphatic rings. The number of nitrogens with zero attached hydrogens (tertiary/aromatic N) is 3. The number of H-pyrrole nitrogens is 1. The van der Waals surface area contributed by atoms with E-state index in [2.05, 4.69) is 15.2 Å². The number of fused-ring (bicyclic) bond motifs is 1. The van der Waals surface area contributed by atoms with Crippen LogP contribution < -0.4 is 9.47 Å². The SMILES string of the molecule is CN(Cc1ncn[nH]1)S(=O)(=O)c1ccc2c(c1)OCCO2. The van der Waals surface area contributed by atoms with Crippen LogP contribution in [0, 0.1) is 0 Å². The number of nitrogens with one attached hydrogen (secondary N) is 1. The molecular weight excluding hydrogens is 296 g/mol. The summed E-state index contributed by atoms with van der Waals surface area (Å²) in [7, 11) is -2.16. The van der Waals surface area contributed by atoms with Crippen molar-refractivity contribution in [2.75, 3.05) is 20.3 Å². The third-order valence-corrected chi connectivity index (χ3v) is 4.86. The van der Waals surface area contributed by atoms with E-state index >= 15 is 0 Å². The highest BCUT2D eigenvalue weighted by Crippen LogP contribution is 2.33. The van der Waals surface area contributed by atoms with Gasteiger partial charge in [0.25, 0.3) is 0 Å². The fourth-order valence-corrected chi connectivity index (χ4v) is 3.12. The van der Waals surface area contributed by atoms with Crippen LogP contribution in [-0.2, 0) is 16.6 Å². The highest BCUT2D eigenvalue weighted by atomic mass is 32.2. The normalized spacial score (nSPS) is 14.4. The summed E-state index contributed by atoms with van der Waals surface area (Å²) in [6.07, 6.45) is 1.33. The largest absolute Gasteiger partial charge is 0.486 e. The molecule has 0 unspecified atom stereocenters. The van der Waals surface area contributed by atoms with Crippen molar-refractivity contribution in [3.05, 3.63) is 30.4 Å². The first-order chi connectivity index (χ1) is 10.1. The molecule has 1 aromatic heterocycles. The van der Waals surface area contributed by atoms with Crippen molar-refractivity contribution in [3.8, 4) is 11.5 Å². The second kappa shape index (κ2) is 5.34. The Morgan fingerprint density at radius 3 is 2.76 bits per heavy atom. The van der Waals surface area contributed by atoms with E-state index in [1.807, 2.05) is 0 Å². The van der Waals surface area contributed by atoms with Gasteiger partial charge in [0.1, 0.15) is 25.4 Å². The molecule has 0 radical (unpaired) electrons. The molecule has 21 heavy (non-hydrogen) atoms. The molecule has 2 heterocycles. The van der Waals surface area contributed by atoms with Crippen LogP contribution in [0.3, 0.4) is 0 Å². The van der Waals surface area contributed by atoms with Crippen molar-refractivity contribution in [3.63, 3.8) is 0 Å². The van der Waals surface area contributed by atoms with Gasteiger partial charge in [0.15, 0.2) is 11.5 Å². The lowest BCUT2D eigenvalue weighted by molar-refractivity contribution is 0.171. The molecule has 9 heteroatoms. The molecule has 8 nitrogen and oxygen atoms in total. The van der Waals surface area contributed by atoms with E-state index < -0.39 is 10.0 Å². The van der Waals surface area contributed by atoms with Gasteiger partial charge in [-0.15, -0.1) is 0 Å². The van der Waals surface area contributed by atoms with Crippen molar-refractivity contribution >= 4 is 10.0 Å². The average molecular weight is 310 g/mol. The Morgan fingerprint density at radius 2 is 2.05 bits per heavy atom. The van der Waals surface area contributed by atoms with Crippen molar-refractivity contribution in [1.29, 1.82) is 0 Å². The number of aromatic nitrogens is 3. The number of ether oxygens (including phenoxy) is 2. The molecule has 1 aliphatic heterocycles. The first kappa shape index (κ1) is 13.8. The zero-order valence-corrected chi connectivity index (χ0v) is 12.1. The maximum atomic E-state index is 12.5. The summed E-state index contributed by atoms with van der Waals surface area (Å²) < 4.78 is 37.0. The van der Waals surface area contributed by atoms with Crippen LogP contribution >= 0.6 is 0 Å². The Bertz CT molecular complexity index is 730. The van der Waals surface area contributed by atoms with Gasteiger partial charge in [-0.1, -0.05) is 0 Å². The van der Waals surface area contributed by atoms with E-state index in [0.717, 1.165) is 0 Å². The van der Waals surface area contributed by atoms with E-state index in [1.165, 1.54) is 29.8 Å². The first-order valence-electron chi connectivity index (χ1n) is 6.27. The Morgan fingerprint density at radius 1 is 1.29 bits per heavy atom. The second-order valence-corrected chi connectivity index (χ2v) is 6.54. The van der Waals surface area contributed by atoms with Gasteiger partial charge in [0, 0.05) is 13.1 Å². The summed E-state index contributed by atoms with van der Waals surface area (Å²) in [6, 6.07) is 4.57. The number of hydrogen-bond donors (Lipinski definition) is 1. The summed E-state index contributed by atoms with van der Waals surface area (Å²) >= 11 is 0. The van der Waals surface area contributed by atoms with Crippen molar-refractivity contribution < 1.29 is 17.9 Å². The van der Waals surface area contributed by atoms with Crippen LogP contribution in [-0.4, -0.2) is 48.2 Å². The van der Waals surface area contributed by atoms with Crippen LogP contribution in [0.5, 0.6) is 11.5 Å². The minimum Gasteiger partial charge on any atom is -0.486 e. The number of rotatable bonds is 4. The zero-order chi connectivity index (χ0) is 14.9. The quantitative estimate of drug-likeness (QED) is 0.877. The van der Waals surface area contributed by atoms with Crippen molar-refractivity contribution in [1.82, 2.24) is 19.5 Å². The molecule has 2 aromatic rings. The molecule has 0 aliphatic carbocycles. The number of sulfonamides is 1. The van der Waals surface area contributed by atoms with E-state index in [9.17, 15) is 8.42 Å². The Balaban J connectivity index is 1.87. The predicted molar refractivity (Wildman–Crippen MR) is 72.5 cm³/mol. The van der Waals surface area contributed by atoms with E-state index in [-0.39, 0.29) is 11.4 Å². The smallest absolute Gasteiger partial charge is 0.243 e. The molecule has 1 N–H and O–H groups in total. The van der Waals surface area contributed by atoms with Crippen LogP contribution in [0.1, 0.15) is 5.82 Å². The minimum atomic E-state index is -3.64. The Labute approximate surface area is 121 Å². The minimum absolute atomic E-state index is 0.108. The van der Waals surface area contributed by atoms with Gasteiger partial charge in [-0.3, -0.25) is 5.10 Å². The third kappa shape index (κ3) is 2.69. The van der Waals surface area contributed by atoms with Gasteiger partial charge in [-0.25, -0.2) is 13.4 Å². The molecule has 0 fully saturated rings. The molecule has 3 rings (SSSR count). The lowest BCUT2D eigenvalue weighted by atomic mass is 10.3. The molecule has 0 saturated carbocycles. The van der Waals surface area contributed by atoms with E-state index in [1.54, 1.807) is 6.07 Å². The summed E-state index contributed by atoms with van der Waals surface area (Å²) in [5.41, 5.74) is 0. The molecular formula is C12H14N4O4S. The fraction of sp³-hybridized carbons (Fsp3) is 0.333. The van der Waals surface area contributed by atoms with Crippen LogP contribution in [0.4, 0.5) is 0 Å². The van der Waals surface area contributed by atoms with Crippen molar-refractivity contribution in [2.45, 2.75) is 11.4 Å². The van der Waals surface area contributed by atoms with Gasteiger partial charge in [-0.2, -0.15) is 9.40 Å². The van der Waals surface area contributed by atoms with Gasteiger partial charge in [-0.05, 0) is 12.1 Å². The molecule has 0 atom stereocenters. The molecule has 0 amide bonds. The first-order valence-corrected chi connectivity index (χ1v) is 7.71.